The Kier molecular flexibility index (Phi) is 6.16. The zero-order chi connectivity index (χ0) is 21.8. The van der Waals surface area contributed by atoms with E-state index in [0.717, 1.165) is 32.7 Å². The molecule has 0 unspecified atom stereocenters. The van der Waals surface area contributed by atoms with Crippen molar-refractivity contribution in [3.8, 4) is 17.4 Å². The van der Waals surface area contributed by atoms with E-state index in [1.54, 1.807) is 30.3 Å². The van der Waals surface area contributed by atoms with E-state index < -0.39 is 4.92 Å². The number of thioether (sulfide) groups is 1. The molecule has 0 N–H and O–H groups in total. The molecular formula is C21H19N5O4S. The molecule has 1 amide bonds. The van der Waals surface area contributed by atoms with E-state index >= 15 is 0 Å². The van der Waals surface area contributed by atoms with E-state index in [9.17, 15) is 14.9 Å². The first-order chi connectivity index (χ1) is 15.0. The van der Waals surface area contributed by atoms with Crippen LogP contribution in [0.3, 0.4) is 0 Å². The van der Waals surface area contributed by atoms with Crippen molar-refractivity contribution >= 4 is 34.6 Å². The summed E-state index contributed by atoms with van der Waals surface area (Å²) < 4.78 is 5.80. The minimum atomic E-state index is -0.450. The quantitative estimate of drug-likeness (QED) is 0.397. The molecule has 0 bridgehead atoms. The highest BCUT2D eigenvalue weighted by Crippen LogP contribution is 2.32. The van der Waals surface area contributed by atoms with Crippen LogP contribution < -0.4 is 0 Å². The summed E-state index contributed by atoms with van der Waals surface area (Å²) in [4.78, 5) is 31.7. The summed E-state index contributed by atoms with van der Waals surface area (Å²) in [5, 5.41) is 20.2. The van der Waals surface area contributed by atoms with Crippen molar-refractivity contribution in [3.63, 3.8) is 0 Å². The minimum Gasteiger partial charge on any atom is -0.457 e. The lowest BCUT2D eigenvalue weighted by Crippen LogP contribution is -2.47. The zero-order valence-electron chi connectivity index (χ0n) is 16.6. The van der Waals surface area contributed by atoms with Crippen LogP contribution in [-0.2, 0) is 4.79 Å². The van der Waals surface area contributed by atoms with Crippen molar-refractivity contribution in [2.75, 3.05) is 32.7 Å². The Hall–Kier alpha value is -3.42. The number of nitro groups is 1. The van der Waals surface area contributed by atoms with Crippen molar-refractivity contribution in [2.24, 2.45) is 4.99 Å². The average Bonchev–Trinajstić information content (AvgIpc) is 3.40. The van der Waals surface area contributed by atoms with Crippen LogP contribution in [0, 0.1) is 21.4 Å². The molecule has 0 radical (unpaired) electrons. The monoisotopic (exact) mass is 437 g/mol. The second-order valence-electron chi connectivity index (χ2n) is 7.05. The number of piperazine rings is 1. The maximum absolute atomic E-state index is 12.4. The summed E-state index contributed by atoms with van der Waals surface area (Å²) in [6.07, 6.45) is 2.19. The molecule has 3 heterocycles. The Labute approximate surface area is 182 Å². The normalized spacial score (nSPS) is 18.3. The Morgan fingerprint density at radius 3 is 2.61 bits per heavy atom. The van der Waals surface area contributed by atoms with Gasteiger partial charge in [-0.3, -0.25) is 19.8 Å². The number of nitriles is 1. The van der Waals surface area contributed by atoms with Gasteiger partial charge in [0.15, 0.2) is 5.17 Å². The molecule has 158 valence electrons. The first-order valence-electron chi connectivity index (χ1n) is 9.75. The lowest BCUT2D eigenvalue weighted by atomic mass is 10.1. The summed E-state index contributed by atoms with van der Waals surface area (Å²) in [6.45, 7) is 3.98. The Morgan fingerprint density at radius 1 is 1.19 bits per heavy atom. The van der Waals surface area contributed by atoms with Crippen molar-refractivity contribution in [1.29, 1.82) is 5.26 Å². The highest BCUT2D eigenvalue weighted by molar-refractivity contribution is 8.18. The first kappa shape index (κ1) is 20.8. The van der Waals surface area contributed by atoms with Crippen molar-refractivity contribution in [1.82, 2.24) is 9.80 Å². The number of non-ortho nitro benzene ring substituents is 1. The van der Waals surface area contributed by atoms with Gasteiger partial charge in [-0.05, 0) is 36.0 Å². The zero-order valence-corrected chi connectivity index (χ0v) is 17.4. The number of nitro benzene ring substituents is 1. The van der Waals surface area contributed by atoms with Crippen LogP contribution in [0.2, 0.25) is 0 Å². The number of carbonyl (C=O) groups is 1. The van der Waals surface area contributed by atoms with Gasteiger partial charge in [-0.1, -0.05) is 0 Å². The third-order valence-corrected chi connectivity index (χ3v) is 6.10. The van der Waals surface area contributed by atoms with Crippen molar-refractivity contribution < 1.29 is 14.1 Å². The summed E-state index contributed by atoms with van der Waals surface area (Å²) >= 11 is 1.33. The van der Waals surface area contributed by atoms with Gasteiger partial charge in [0.1, 0.15) is 11.5 Å². The molecule has 4 rings (SSSR count). The molecule has 0 spiro atoms. The molecule has 0 aliphatic carbocycles. The Morgan fingerprint density at radius 2 is 1.94 bits per heavy atom. The summed E-state index contributed by atoms with van der Waals surface area (Å²) in [5.74, 6) is 0.786. The Bertz CT molecular complexity index is 1090. The number of nitrogens with zero attached hydrogens (tertiary/aromatic N) is 5. The lowest BCUT2D eigenvalue weighted by Gasteiger charge is -2.34. The van der Waals surface area contributed by atoms with Crippen molar-refractivity contribution in [2.45, 2.75) is 6.42 Å². The number of furan rings is 1. The summed E-state index contributed by atoms with van der Waals surface area (Å²) in [6, 6.07) is 11.8. The molecule has 2 aliphatic rings. The molecule has 10 heteroatoms. The highest BCUT2D eigenvalue weighted by Gasteiger charge is 2.28. The number of rotatable bonds is 5. The maximum Gasteiger partial charge on any atom is 0.286 e. The van der Waals surface area contributed by atoms with Crippen LogP contribution >= 0.6 is 11.8 Å². The third kappa shape index (κ3) is 4.84. The number of hydrogen-bond acceptors (Lipinski definition) is 8. The Balaban J connectivity index is 1.39. The number of benzene rings is 1. The molecule has 2 aliphatic heterocycles. The predicted octanol–water partition coefficient (Wildman–Crippen LogP) is 3.36. The highest BCUT2D eigenvalue weighted by atomic mass is 32.2. The van der Waals surface area contributed by atoms with Gasteiger partial charge in [0.25, 0.3) is 11.6 Å². The van der Waals surface area contributed by atoms with Crippen LogP contribution in [0.4, 0.5) is 5.69 Å². The van der Waals surface area contributed by atoms with Gasteiger partial charge >= 0.3 is 0 Å². The number of aliphatic imine (C=N–C) groups is 1. The van der Waals surface area contributed by atoms with Gasteiger partial charge < -0.3 is 9.32 Å². The van der Waals surface area contributed by atoms with E-state index in [1.165, 1.54) is 23.9 Å². The first-order valence-corrected chi connectivity index (χ1v) is 10.6. The molecule has 1 aromatic heterocycles. The fourth-order valence-electron chi connectivity index (χ4n) is 3.37. The van der Waals surface area contributed by atoms with Crippen LogP contribution in [0.15, 0.2) is 50.7 Å². The van der Waals surface area contributed by atoms with E-state index in [-0.39, 0.29) is 11.6 Å². The standard InChI is InChI=1S/C21H19N5O4S/c22-8-1-9-24-10-12-25(13-11-24)21-23-20(27)19(31-21)14-17-6-7-18(30-17)15-2-4-16(5-3-15)26(28)29/h2-7,14H,1,9-13H2/b19-14-. The number of amidine groups is 1. The van der Waals surface area contributed by atoms with E-state index in [1.807, 2.05) is 0 Å². The van der Waals surface area contributed by atoms with Crippen LogP contribution in [0.5, 0.6) is 0 Å². The molecule has 31 heavy (non-hydrogen) atoms. The molecule has 9 nitrogen and oxygen atoms in total. The number of amides is 1. The topological polar surface area (TPSA) is 116 Å². The minimum absolute atomic E-state index is 0.0150. The van der Waals surface area contributed by atoms with Gasteiger partial charge in [0.2, 0.25) is 0 Å². The molecule has 1 aromatic carbocycles. The fourth-order valence-corrected chi connectivity index (χ4v) is 4.31. The average molecular weight is 437 g/mol. The summed E-state index contributed by atoms with van der Waals surface area (Å²) in [7, 11) is 0. The van der Waals surface area contributed by atoms with Gasteiger partial charge in [-0.25, -0.2) is 0 Å². The molecule has 2 aromatic rings. The van der Waals surface area contributed by atoms with Crippen LogP contribution in [-0.4, -0.2) is 58.5 Å². The van der Waals surface area contributed by atoms with Gasteiger partial charge in [-0.15, -0.1) is 0 Å². The largest absolute Gasteiger partial charge is 0.457 e. The molecule has 0 saturated carbocycles. The predicted molar refractivity (Wildman–Crippen MR) is 117 cm³/mol. The molecular weight excluding hydrogens is 418 g/mol. The fraction of sp³-hybridized carbons (Fsp3) is 0.286. The van der Waals surface area contributed by atoms with Gasteiger partial charge in [0.05, 0.1) is 15.9 Å². The number of hydrogen-bond donors (Lipinski definition) is 0. The SMILES string of the molecule is N#CCCN1CCN(C2=NC(=O)/C(=C/c3ccc(-c4ccc([N+](=O)[O-])cc4)o3)S2)CC1. The van der Waals surface area contributed by atoms with Crippen LogP contribution in [0.25, 0.3) is 17.4 Å². The second kappa shape index (κ2) is 9.16. The number of carbonyl (C=O) groups excluding carboxylic acids is 1. The van der Waals surface area contributed by atoms with E-state index in [4.69, 9.17) is 9.68 Å². The van der Waals surface area contributed by atoms with E-state index in [2.05, 4.69) is 20.9 Å². The van der Waals surface area contributed by atoms with Crippen LogP contribution in [0.1, 0.15) is 12.2 Å². The molecule has 1 saturated heterocycles. The second-order valence-corrected chi connectivity index (χ2v) is 8.06. The molecule has 1 fully saturated rings. The summed E-state index contributed by atoms with van der Waals surface area (Å²) in [5.41, 5.74) is 0.730. The lowest BCUT2D eigenvalue weighted by molar-refractivity contribution is -0.384. The molecule has 0 atom stereocenters. The third-order valence-electron chi connectivity index (χ3n) is 5.05. The van der Waals surface area contributed by atoms with Crippen molar-refractivity contribution in [3.05, 3.63) is 57.2 Å². The smallest absolute Gasteiger partial charge is 0.286 e. The van der Waals surface area contributed by atoms with Gasteiger partial charge in [0, 0.05) is 62.9 Å². The van der Waals surface area contributed by atoms with E-state index in [0.29, 0.717) is 33.6 Å². The maximum atomic E-state index is 12.4. The van der Waals surface area contributed by atoms with Gasteiger partial charge in [-0.2, -0.15) is 10.3 Å².